The van der Waals surface area contributed by atoms with E-state index in [1.165, 1.54) is 24.3 Å². The number of nitriles is 1. The van der Waals surface area contributed by atoms with Crippen LogP contribution in [0.1, 0.15) is 23.2 Å². The molecule has 0 aromatic heterocycles. The number of piperidine rings is 1. The molecule has 1 saturated heterocycles. The fourth-order valence-corrected chi connectivity index (χ4v) is 2.87. The third-order valence-corrected chi connectivity index (χ3v) is 4.62. The first-order chi connectivity index (χ1) is 9.41. The van der Waals surface area contributed by atoms with Gasteiger partial charge in [-0.15, -0.1) is 0 Å². The van der Waals surface area contributed by atoms with Gasteiger partial charge in [0.05, 0.1) is 11.0 Å². The molecule has 1 aromatic carbocycles. The summed E-state index contributed by atoms with van der Waals surface area (Å²) in [5.74, 6) is -0.0758. The third kappa shape index (κ3) is 3.17. The monoisotopic (exact) mass is 292 g/mol. The molecule has 0 atom stereocenters. The molecule has 1 aromatic rings. The molecular weight excluding hydrogens is 276 g/mol. The summed E-state index contributed by atoms with van der Waals surface area (Å²) in [6, 6.07) is 8.19. The van der Waals surface area contributed by atoms with Crippen molar-refractivity contribution in [3.05, 3.63) is 29.8 Å². The molecule has 0 radical (unpaired) electrons. The molecular formula is C14H16N2O3S. The number of benzene rings is 1. The molecule has 0 bridgehead atoms. The second-order valence-corrected chi connectivity index (χ2v) is 7.01. The van der Waals surface area contributed by atoms with Gasteiger partial charge in [0.15, 0.2) is 9.84 Å². The maximum absolute atomic E-state index is 12.2. The predicted molar refractivity (Wildman–Crippen MR) is 73.8 cm³/mol. The Balaban J connectivity index is 2.09. The summed E-state index contributed by atoms with van der Waals surface area (Å²) in [6.07, 6.45) is 2.53. The van der Waals surface area contributed by atoms with Crippen LogP contribution in [0.25, 0.3) is 0 Å². The van der Waals surface area contributed by atoms with Gasteiger partial charge in [0.1, 0.15) is 0 Å². The zero-order chi connectivity index (χ0) is 14.8. The van der Waals surface area contributed by atoms with Crippen LogP contribution in [-0.2, 0) is 9.84 Å². The highest BCUT2D eigenvalue weighted by atomic mass is 32.2. The molecule has 1 fully saturated rings. The van der Waals surface area contributed by atoms with E-state index in [1.807, 2.05) is 0 Å². The highest BCUT2D eigenvalue weighted by Gasteiger charge is 2.23. The molecule has 1 amide bonds. The van der Waals surface area contributed by atoms with Gasteiger partial charge in [-0.25, -0.2) is 8.42 Å². The first kappa shape index (κ1) is 14.5. The number of hydrogen-bond donors (Lipinski definition) is 0. The molecule has 0 aliphatic carbocycles. The highest BCUT2D eigenvalue weighted by molar-refractivity contribution is 7.90. The van der Waals surface area contributed by atoms with Crippen molar-refractivity contribution in [2.24, 2.45) is 5.92 Å². The van der Waals surface area contributed by atoms with Crippen LogP contribution in [0.4, 0.5) is 0 Å². The van der Waals surface area contributed by atoms with Crippen molar-refractivity contribution in [1.29, 1.82) is 5.26 Å². The quantitative estimate of drug-likeness (QED) is 0.827. The Morgan fingerprint density at radius 3 is 2.25 bits per heavy atom. The van der Waals surface area contributed by atoms with Gasteiger partial charge in [0.2, 0.25) is 0 Å². The normalized spacial score (nSPS) is 16.7. The van der Waals surface area contributed by atoms with Crippen LogP contribution < -0.4 is 0 Å². The Hall–Kier alpha value is -1.87. The van der Waals surface area contributed by atoms with Crippen LogP contribution in [0.5, 0.6) is 0 Å². The van der Waals surface area contributed by atoms with E-state index in [-0.39, 0.29) is 16.7 Å². The van der Waals surface area contributed by atoms with Gasteiger partial charge >= 0.3 is 0 Å². The molecule has 6 heteroatoms. The molecule has 0 saturated carbocycles. The van der Waals surface area contributed by atoms with E-state index in [0.29, 0.717) is 31.5 Å². The van der Waals surface area contributed by atoms with Crippen LogP contribution in [-0.4, -0.2) is 38.6 Å². The summed E-state index contributed by atoms with van der Waals surface area (Å²) >= 11 is 0. The molecule has 5 nitrogen and oxygen atoms in total. The minimum atomic E-state index is -3.24. The Morgan fingerprint density at radius 1 is 1.25 bits per heavy atom. The lowest BCUT2D eigenvalue weighted by Gasteiger charge is -2.29. The zero-order valence-corrected chi connectivity index (χ0v) is 12.1. The molecule has 0 N–H and O–H groups in total. The van der Waals surface area contributed by atoms with Gasteiger partial charge < -0.3 is 4.90 Å². The number of rotatable bonds is 2. The van der Waals surface area contributed by atoms with Crippen molar-refractivity contribution in [2.45, 2.75) is 17.7 Å². The molecule has 1 aliphatic heterocycles. The summed E-state index contributed by atoms with van der Waals surface area (Å²) < 4.78 is 22.7. The van der Waals surface area contributed by atoms with E-state index >= 15 is 0 Å². The van der Waals surface area contributed by atoms with E-state index < -0.39 is 9.84 Å². The largest absolute Gasteiger partial charge is 0.339 e. The van der Waals surface area contributed by atoms with Crippen LogP contribution in [0.15, 0.2) is 29.2 Å². The van der Waals surface area contributed by atoms with Crippen molar-refractivity contribution in [1.82, 2.24) is 4.90 Å². The van der Waals surface area contributed by atoms with Gasteiger partial charge in [0.25, 0.3) is 5.91 Å². The minimum absolute atomic E-state index is 0.0339. The fourth-order valence-electron chi connectivity index (χ4n) is 2.24. The average Bonchev–Trinajstić information content (AvgIpc) is 2.46. The lowest BCUT2D eigenvalue weighted by molar-refractivity contribution is 0.0707. The predicted octanol–water partition coefficient (Wildman–Crippen LogP) is 1.47. The standard InChI is InChI=1S/C14H16N2O3S/c1-20(18,19)13-4-2-12(3-5-13)14(17)16-8-6-11(10-15)7-9-16/h2-5,11H,6-9H2,1H3. The third-order valence-electron chi connectivity index (χ3n) is 3.49. The maximum Gasteiger partial charge on any atom is 0.253 e. The van der Waals surface area contributed by atoms with E-state index in [4.69, 9.17) is 5.26 Å². The zero-order valence-electron chi connectivity index (χ0n) is 11.2. The molecule has 106 valence electrons. The van der Waals surface area contributed by atoms with Crippen LogP contribution in [0.2, 0.25) is 0 Å². The Bertz CT molecular complexity index is 636. The summed E-state index contributed by atoms with van der Waals surface area (Å²) in [4.78, 5) is 14.2. The van der Waals surface area contributed by atoms with Gasteiger partial charge in [-0.1, -0.05) is 0 Å². The Labute approximate surface area is 118 Å². The lowest BCUT2D eigenvalue weighted by atomic mass is 9.98. The molecule has 20 heavy (non-hydrogen) atoms. The summed E-state index contributed by atoms with van der Waals surface area (Å²) in [5, 5.41) is 8.83. The van der Waals surface area contributed by atoms with Crippen molar-refractivity contribution in [3.63, 3.8) is 0 Å². The number of nitrogens with zero attached hydrogens (tertiary/aromatic N) is 2. The second-order valence-electron chi connectivity index (χ2n) is 4.99. The fraction of sp³-hybridized carbons (Fsp3) is 0.429. The first-order valence-corrected chi connectivity index (χ1v) is 8.30. The minimum Gasteiger partial charge on any atom is -0.339 e. The van der Waals surface area contributed by atoms with Crippen LogP contribution >= 0.6 is 0 Å². The summed E-state index contributed by atoms with van der Waals surface area (Å²) in [7, 11) is -3.24. The number of sulfone groups is 1. The Morgan fingerprint density at radius 2 is 1.80 bits per heavy atom. The van der Waals surface area contributed by atoms with E-state index in [1.54, 1.807) is 4.90 Å². The lowest BCUT2D eigenvalue weighted by Crippen LogP contribution is -2.38. The molecule has 1 aliphatic rings. The van der Waals surface area contributed by atoms with Crippen LogP contribution in [0, 0.1) is 17.2 Å². The summed E-state index contributed by atoms with van der Waals surface area (Å²) in [6.45, 7) is 1.15. The van der Waals surface area contributed by atoms with E-state index in [2.05, 4.69) is 6.07 Å². The number of likely N-dealkylation sites (tertiary alicyclic amines) is 1. The van der Waals surface area contributed by atoms with E-state index in [0.717, 1.165) is 6.26 Å². The van der Waals surface area contributed by atoms with E-state index in [9.17, 15) is 13.2 Å². The van der Waals surface area contributed by atoms with Crippen molar-refractivity contribution < 1.29 is 13.2 Å². The second kappa shape index (κ2) is 5.63. The number of carbonyl (C=O) groups excluding carboxylic acids is 1. The maximum atomic E-state index is 12.2. The number of hydrogen-bond acceptors (Lipinski definition) is 4. The Kier molecular flexibility index (Phi) is 4.09. The first-order valence-electron chi connectivity index (χ1n) is 6.41. The number of carbonyl (C=O) groups is 1. The van der Waals surface area contributed by atoms with Gasteiger partial charge in [-0.2, -0.15) is 5.26 Å². The SMILES string of the molecule is CS(=O)(=O)c1ccc(C(=O)N2CCC(C#N)CC2)cc1. The molecule has 1 heterocycles. The smallest absolute Gasteiger partial charge is 0.253 e. The highest BCUT2D eigenvalue weighted by Crippen LogP contribution is 2.19. The van der Waals surface area contributed by atoms with Gasteiger partial charge in [-0.3, -0.25) is 4.79 Å². The van der Waals surface area contributed by atoms with Gasteiger partial charge in [0, 0.05) is 30.8 Å². The molecule has 0 spiro atoms. The van der Waals surface area contributed by atoms with Crippen LogP contribution in [0.3, 0.4) is 0 Å². The van der Waals surface area contributed by atoms with Crippen molar-refractivity contribution in [2.75, 3.05) is 19.3 Å². The molecule has 0 unspecified atom stereocenters. The number of amides is 1. The van der Waals surface area contributed by atoms with Crippen molar-refractivity contribution in [3.8, 4) is 6.07 Å². The average molecular weight is 292 g/mol. The topological polar surface area (TPSA) is 78.2 Å². The van der Waals surface area contributed by atoms with Gasteiger partial charge in [-0.05, 0) is 37.1 Å². The summed E-state index contributed by atoms with van der Waals surface area (Å²) in [5.41, 5.74) is 0.479. The molecule has 2 rings (SSSR count). The van der Waals surface area contributed by atoms with Crippen molar-refractivity contribution >= 4 is 15.7 Å².